The maximum Gasteiger partial charge on any atom is 0.254 e. The van der Waals surface area contributed by atoms with Crippen molar-refractivity contribution in [1.82, 2.24) is 14.8 Å². The molecule has 0 radical (unpaired) electrons. The van der Waals surface area contributed by atoms with Gasteiger partial charge >= 0.3 is 0 Å². The molecular weight excluding hydrogens is 326 g/mol. The number of amides is 1. The van der Waals surface area contributed by atoms with Gasteiger partial charge in [-0.05, 0) is 36.5 Å². The normalized spacial score (nSPS) is 18.4. The number of nitrogens with zero attached hydrogens (tertiary/aromatic N) is 3. The number of hydrogen-bond donors (Lipinski definition) is 0. The fraction of sp³-hybridized carbons (Fsp3) is 0.429. The molecule has 2 aromatic rings. The van der Waals surface area contributed by atoms with E-state index in [1.54, 1.807) is 25.4 Å². The number of fused-ring (bicyclic) bond motifs is 1. The first-order chi connectivity index (χ1) is 12.7. The van der Waals surface area contributed by atoms with Crippen LogP contribution in [0.4, 0.5) is 0 Å². The summed E-state index contributed by atoms with van der Waals surface area (Å²) in [6.07, 6.45) is 4.91. The third-order valence-corrected chi connectivity index (χ3v) is 5.55. The molecule has 0 bridgehead atoms. The highest BCUT2D eigenvalue weighted by atomic mass is 16.5. The van der Waals surface area contributed by atoms with Gasteiger partial charge in [-0.25, -0.2) is 4.98 Å². The number of carbonyl (C=O) groups excluding carboxylic acids is 1. The van der Waals surface area contributed by atoms with Crippen LogP contribution in [0.3, 0.4) is 0 Å². The number of benzene rings is 1. The molecule has 1 aliphatic carbocycles. The first-order valence-electron chi connectivity index (χ1n) is 9.35. The number of ether oxygens (including phenoxy) is 1. The lowest BCUT2D eigenvalue weighted by Gasteiger charge is -2.27. The van der Waals surface area contributed by atoms with E-state index in [1.165, 1.54) is 11.1 Å². The van der Waals surface area contributed by atoms with Crippen LogP contribution in [0.25, 0.3) is 0 Å². The smallest absolute Gasteiger partial charge is 0.254 e. The average Bonchev–Trinajstić information content (AvgIpc) is 2.97. The molecule has 0 spiro atoms. The predicted octanol–water partition coefficient (Wildman–Crippen LogP) is 2.41. The fourth-order valence-corrected chi connectivity index (χ4v) is 4.14. The molecule has 136 valence electrons. The molecule has 1 fully saturated rings. The van der Waals surface area contributed by atoms with Gasteiger partial charge in [-0.1, -0.05) is 24.3 Å². The molecular formula is C21H25N3O2. The summed E-state index contributed by atoms with van der Waals surface area (Å²) in [7, 11) is 1.57. The van der Waals surface area contributed by atoms with E-state index in [0.717, 1.165) is 45.4 Å². The van der Waals surface area contributed by atoms with Crippen molar-refractivity contribution in [1.29, 1.82) is 0 Å². The van der Waals surface area contributed by atoms with E-state index in [-0.39, 0.29) is 5.91 Å². The maximum absolute atomic E-state index is 12.9. The Morgan fingerprint density at radius 3 is 2.58 bits per heavy atom. The molecule has 2 heterocycles. The van der Waals surface area contributed by atoms with Crippen molar-refractivity contribution in [2.24, 2.45) is 0 Å². The molecule has 0 saturated carbocycles. The lowest BCUT2D eigenvalue weighted by molar-refractivity contribution is 0.0757. The first-order valence-corrected chi connectivity index (χ1v) is 9.35. The Morgan fingerprint density at radius 2 is 1.85 bits per heavy atom. The highest BCUT2D eigenvalue weighted by Crippen LogP contribution is 2.26. The van der Waals surface area contributed by atoms with Crippen LogP contribution in [0.15, 0.2) is 42.6 Å². The molecule has 0 unspecified atom stereocenters. The van der Waals surface area contributed by atoms with Crippen molar-refractivity contribution < 1.29 is 9.53 Å². The first kappa shape index (κ1) is 17.0. The van der Waals surface area contributed by atoms with E-state index < -0.39 is 0 Å². The molecule has 0 atom stereocenters. The third-order valence-electron chi connectivity index (χ3n) is 5.55. The fourth-order valence-electron chi connectivity index (χ4n) is 4.14. The lowest BCUT2D eigenvalue weighted by Crippen LogP contribution is -2.40. The Kier molecular flexibility index (Phi) is 4.89. The summed E-state index contributed by atoms with van der Waals surface area (Å²) in [5.74, 6) is 0.554. The van der Waals surface area contributed by atoms with Crippen molar-refractivity contribution in [3.8, 4) is 5.88 Å². The van der Waals surface area contributed by atoms with Gasteiger partial charge in [0.05, 0.1) is 7.11 Å². The van der Waals surface area contributed by atoms with Gasteiger partial charge in [-0.3, -0.25) is 9.69 Å². The zero-order valence-corrected chi connectivity index (χ0v) is 15.2. The molecule has 1 aliphatic heterocycles. The third kappa shape index (κ3) is 3.44. The minimum absolute atomic E-state index is 0.0715. The minimum atomic E-state index is 0.0715. The van der Waals surface area contributed by atoms with Crippen molar-refractivity contribution in [2.75, 3.05) is 33.3 Å². The summed E-state index contributed by atoms with van der Waals surface area (Å²) in [5, 5.41) is 0. The molecule has 5 nitrogen and oxygen atoms in total. The summed E-state index contributed by atoms with van der Waals surface area (Å²) in [5.41, 5.74) is 3.62. The number of rotatable bonds is 3. The van der Waals surface area contributed by atoms with E-state index in [0.29, 0.717) is 17.5 Å². The second-order valence-electron chi connectivity index (χ2n) is 7.10. The Bertz CT molecular complexity index is 767. The van der Waals surface area contributed by atoms with Gasteiger partial charge in [0.2, 0.25) is 5.88 Å². The van der Waals surface area contributed by atoms with Crippen LogP contribution < -0.4 is 4.74 Å². The molecule has 26 heavy (non-hydrogen) atoms. The molecule has 5 heteroatoms. The quantitative estimate of drug-likeness (QED) is 0.852. The Labute approximate surface area is 154 Å². The topological polar surface area (TPSA) is 45.7 Å². The summed E-state index contributed by atoms with van der Waals surface area (Å²) in [4.78, 5) is 21.5. The van der Waals surface area contributed by atoms with Crippen molar-refractivity contribution in [3.63, 3.8) is 0 Å². The molecule has 0 N–H and O–H groups in total. The lowest BCUT2D eigenvalue weighted by atomic mass is 10.1. The molecule has 1 aromatic heterocycles. The van der Waals surface area contributed by atoms with E-state index in [2.05, 4.69) is 34.1 Å². The number of aromatic nitrogens is 1. The van der Waals surface area contributed by atoms with Gasteiger partial charge in [-0.15, -0.1) is 0 Å². The highest BCUT2D eigenvalue weighted by molar-refractivity contribution is 5.94. The van der Waals surface area contributed by atoms with Crippen LogP contribution in [0.2, 0.25) is 0 Å². The molecule has 2 aliphatic rings. The number of hydrogen-bond acceptors (Lipinski definition) is 4. The number of pyridine rings is 1. The highest BCUT2D eigenvalue weighted by Gasteiger charge is 2.29. The molecule has 1 aromatic carbocycles. The predicted molar refractivity (Wildman–Crippen MR) is 101 cm³/mol. The monoisotopic (exact) mass is 351 g/mol. The van der Waals surface area contributed by atoms with E-state index in [4.69, 9.17) is 4.74 Å². The Hall–Kier alpha value is -2.40. The summed E-state index contributed by atoms with van der Waals surface area (Å²) in [6.45, 7) is 3.57. The standard InChI is InChI=1S/C21H25N3O2/c1-26-20-15-18(7-8-22-20)21(25)24-10-4-9-23(11-12-24)19-13-16-5-2-3-6-17(16)14-19/h2-3,5-8,15,19H,4,9-14H2,1H3. The molecule has 1 amide bonds. The van der Waals surface area contributed by atoms with E-state index in [1.807, 2.05) is 4.90 Å². The Morgan fingerprint density at radius 1 is 1.08 bits per heavy atom. The maximum atomic E-state index is 12.9. The average molecular weight is 351 g/mol. The summed E-state index contributed by atoms with van der Waals surface area (Å²) < 4.78 is 5.14. The van der Waals surface area contributed by atoms with E-state index >= 15 is 0 Å². The van der Waals surface area contributed by atoms with Crippen LogP contribution >= 0.6 is 0 Å². The van der Waals surface area contributed by atoms with Crippen LogP contribution in [-0.4, -0.2) is 60.0 Å². The van der Waals surface area contributed by atoms with E-state index in [9.17, 15) is 4.79 Å². The molecule has 1 saturated heterocycles. The summed E-state index contributed by atoms with van der Waals surface area (Å²) in [6, 6.07) is 12.8. The van der Waals surface area contributed by atoms with Crippen molar-refractivity contribution in [2.45, 2.75) is 25.3 Å². The van der Waals surface area contributed by atoms with Crippen molar-refractivity contribution in [3.05, 3.63) is 59.3 Å². The second-order valence-corrected chi connectivity index (χ2v) is 7.10. The zero-order chi connectivity index (χ0) is 17.9. The number of carbonyl (C=O) groups is 1. The van der Waals surface area contributed by atoms with Crippen LogP contribution in [-0.2, 0) is 12.8 Å². The van der Waals surface area contributed by atoms with Gasteiger partial charge in [0.1, 0.15) is 0 Å². The van der Waals surface area contributed by atoms with Crippen LogP contribution in [0.1, 0.15) is 27.9 Å². The van der Waals surface area contributed by atoms with Gasteiger partial charge in [-0.2, -0.15) is 0 Å². The number of methoxy groups -OCH3 is 1. The molecule has 4 rings (SSSR count). The van der Waals surface area contributed by atoms with Crippen molar-refractivity contribution >= 4 is 5.91 Å². The van der Waals surface area contributed by atoms with Gasteiger partial charge < -0.3 is 9.64 Å². The largest absolute Gasteiger partial charge is 0.481 e. The summed E-state index contributed by atoms with van der Waals surface area (Å²) >= 11 is 0. The van der Waals surface area contributed by atoms with Gasteiger partial charge in [0.15, 0.2) is 0 Å². The zero-order valence-electron chi connectivity index (χ0n) is 15.2. The van der Waals surface area contributed by atoms with Crippen LogP contribution in [0.5, 0.6) is 5.88 Å². The van der Waals surface area contributed by atoms with Crippen LogP contribution in [0, 0.1) is 0 Å². The SMILES string of the molecule is COc1cc(C(=O)N2CCCN(C3Cc4ccccc4C3)CC2)ccn1. The van der Waals surface area contributed by atoms with Gasteiger partial charge in [0.25, 0.3) is 5.91 Å². The second kappa shape index (κ2) is 7.46. The minimum Gasteiger partial charge on any atom is -0.481 e. The Balaban J connectivity index is 1.40. The van der Waals surface area contributed by atoms with Gasteiger partial charge in [0, 0.05) is 50.0 Å².